The molecule has 0 heterocycles. The largest absolute Gasteiger partial charge is 0.0654 e. The zero-order valence-electron chi connectivity index (χ0n) is 7.14. The zero-order valence-corrected chi connectivity index (χ0v) is 10.6. The maximum Gasteiger partial charge on any atom is 0 e. The van der Waals surface area contributed by atoms with Crippen molar-refractivity contribution in [3.63, 3.8) is 0 Å². The fourth-order valence-electron chi connectivity index (χ4n) is 0.854. The summed E-state index contributed by atoms with van der Waals surface area (Å²) in [4.78, 5) is 0. The summed E-state index contributed by atoms with van der Waals surface area (Å²) in [6, 6.07) is 0. The standard InChI is InChI=1S/C8H18.Bi.N/c1-3-5-7-8-6-4-2;;/h3-8H2,1-2H3;;. The van der Waals surface area contributed by atoms with Crippen molar-refractivity contribution in [1.29, 1.82) is 0 Å². The maximum atomic E-state index is 2.26. The Morgan fingerprint density at radius 1 is 0.700 bits per heavy atom. The van der Waals surface area contributed by atoms with Crippen molar-refractivity contribution < 1.29 is 0 Å². The van der Waals surface area contributed by atoms with Crippen LogP contribution in [0.3, 0.4) is 0 Å². The molecule has 6 radical (unpaired) electrons. The Hall–Kier alpha value is 0.843. The summed E-state index contributed by atoms with van der Waals surface area (Å²) in [7, 11) is 0. The fraction of sp³-hybridized carbons (Fsp3) is 1.00. The molecule has 0 aromatic heterocycles. The molecule has 0 fully saturated rings. The molecule has 0 aromatic carbocycles. The Kier molecular flexibility index (Phi) is 28.1. The minimum atomic E-state index is 0. The van der Waals surface area contributed by atoms with E-state index in [1.165, 1.54) is 38.5 Å². The number of hydrogen-bond donors (Lipinski definition) is 0. The number of unbranched alkanes of at least 4 members (excludes halogenated alkanes) is 5. The van der Waals surface area contributed by atoms with Crippen LogP contribution in [-0.2, 0) is 0 Å². The molecule has 0 unspecified atom stereocenters. The number of hydrogen-bond acceptors (Lipinski definition) is 0. The van der Waals surface area contributed by atoms with Gasteiger partial charge in [0.15, 0.2) is 0 Å². The van der Waals surface area contributed by atoms with Gasteiger partial charge in [-0.25, -0.2) is 0 Å². The van der Waals surface area contributed by atoms with E-state index in [2.05, 4.69) is 13.8 Å². The number of rotatable bonds is 5. The van der Waals surface area contributed by atoms with Crippen molar-refractivity contribution in [2.24, 2.45) is 0 Å². The molecule has 0 aromatic rings. The normalized spacial score (nSPS) is 7.80. The first-order valence-electron chi connectivity index (χ1n) is 3.91. The van der Waals surface area contributed by atoms with E-state index in [1.807, 2.05) is 0 Å². The second kappa shape index (κ2) is 16.4. The van der Waals surface area contributed by atoms with E-state index in [0.29, 0.717) is 0 Å². The molecule has 60 valence electrons. The average molecular weight is 337 g/mol. The summed E-state index contributed by atoms with van der Waals surface area (Å²) in [5.41, 5.74) is 0. The van der Waals surface area contributed by atoms with Crippen LogP contribution in [0.1, 0.15) is 52.4 Å². The van der Waals surface area contributed by atoms with Crippen LogP contribution in [0.2, 0.25) is 0 Å². The molecule has 0 aliphatic heterocycles. The average Bonchev–Trinajstić information content (AvgIpc) is 1.81. The molecule has 10 heavy (non-hydrogen) atoms. The topological polar surface area (TPSA) is 30.5 Å². The quantitative estimate of drug-likeness (QED) is 0.545. The van der Waals surface area contributed by atoms with Gasteiger partial charge < -0.3 is 0 Å². The summed E-state index contributed by atoms with van der Waals surface area (Å²) in [5.74, 6) is 0. The SMILES string of the molecule is CCCCCCCC.[Bi].[N]. The summed E-state index contributed by atoms with van der Waals surface area (Å²) >= 11 is 0. The van der Waals surface area contributed by atoms with Crippen molar-refractivity contribution in [3.05, 3.63) is 0 Å². The molecular weight excluding hydrogens is 319 g/mol. The van der Waals surface area contributed by atoms with E-state index in [-0.39, 0.29) is 32.4 Å². The Morgan fingerprint density at radius 3 is 1.20 bits per heavy atom. The van der Waals surface area contributed by atoms with Crippen molar-refractivity contribution >= 4 is 26.2 Å². The van der Waals surface area contributed by atoms with Crippen LogP contribution in [0.15, 0.2) is 0 Å². The van der Waals surface area contributed by atoms with Crippen LogP contribution in [0.25, 0.3) is 0 Å². The maximum absolute atomic E-state index is 2.26. The molecule has 0 spiro atoms. The van der Waals surface area contributed by atoms with Gasteiger partial charge in [0, 0.05) is 32.4 Å². The van der Waals surface area contributed by atoms with Gasteiger partial charge in [-0.1, -0.05) is 52.4 Å². The second-order valence-corrected chi connectivity index (χ2v) is 2.41. The molecule has 0 rings (SSSR count). The van der Waals surface area contributed by atoms with Crippen LogP contribution in [0.5, 0.6) is 0 Å². The summed E-state index contributed by atoms with van der Waals surface area (Å²) in [6.45, 7) is 4.51. The van der Waals surface area contributed by atoms with E-state index in [1.54, 1.807) is 0 Å². The van der Waals surface area contributed by atoms with Gasteiger partial charge in [0.05, 0.1) is 0 Å². The first-order chi connectivity index (χ1) is 3.91. The van der Waals surface area contributed by atoms with Gasteiger partial charge in [0.2, 0.25) is 0 Å². The summed E-state index contributed by atoms with van der Waals surface area (Å²) < 4.78 is 0. The van der Waals surface area contributed by atoms with Gasteiger partial charge in [0.25, 0.3) is 0 Å². The van der Waals surface area contributed by atoms with E-state index < -0.39 is 0 Å². The van der Waals surface area contributed by atoms with Crippen LogP contribution in [0.4, 0.5) is 0 Å². The third-order valence-electron chi connectivity index (χ3n) is 1.46. The third kappa shape index (κ3) is 15.9. The van der Waals surface area contributed by atoms with Crippen LogP contribution < -0.4 is 6.15 Å². The third-order valence-corrected chi connectivity index (χ3v) is 1.46. The summed E-state index contributed by atoms with van der Waals surface area (Å²) in [5, 5.41) is 0. The van der Waals surface area contributed by atoms with Gasteiger partial charge in [-0.3, -0.25) is 0 Å². The molecule has 0 bridgehead atoms. The van der Waals surface area contributed by atoms with E-state index in [4.69, 9.17) is 0 Å². The molecule has 0 atom stereocenters. The van der Waals surface area contributed by atoms with Crippen LogP contribution >= 0.6 is 0 Å². The Balaban J connectivity index is -0.000000245. The number of nitrogens with zero attached hydrogens (tertiary/aromatic N) is 1. The molecule has 2 heteroatoms. The molecule has 1 nitrogen and oxygen atoms in total. The van der Waals surface area contributed by atoms with Gasteiger partial charge >= 0.3 is 0 Å². The molecule has 0 N–H and O–H groups in total. The van der Waals surface area contributed by atoms with Crippen LogP contribution in [-0.4, -0.2) is 26.2 Å². The van der Waals surface area contributed by atoms with Gasteiger partial charge in [0.1, 0.15) is 0 Å². The predicted octanol–water partition coefficient (Wildman–Crippen LogP) is 2.51. The van der Waals surface area contributed by atoms with Gasteiger partial charge in [-0.05, 0) is 0 Å². The molecule has 0 saturated heterocycles. The summed E-state index contributed by atoms with van der Waals surface area (Å²) in [6.07, 6.45) is 8.49. The minimum absolute atomic E-state index is 0. The molecule has 0 aliphatic rings. The van der Waals surface area contributed by atoms with E-state index >= 15 is 0 Å². The van der Waals surface area contributed by atoms with E-state index in [9.17, 15) is 0 Å². The smallest absolute Gasteiger partial charge is 0 e. The van der Waals surface area contributed by atoms with E-state index in [0.717, 1.165) is 0 Å². The fourth-order valence-corrected chi connectivity index (χ4v) is 0.854. The van der Waals surface area contributed by atoms with Crippen molar-refractivity contribution in [1.82, 2.24) is 6.15 Å². The molecule has 0 saturated carbocycles. The second-order valence-electron chi connectivity index (χ2n) is 2.41. The molecule has 0 amide bonds. The molecular formula is C8H18BiN. The minimum Gasteiger partial charge on any atom is -0.0654 e. The monoisotopic (exact) mass is 337 g/mol. The predicted molar refractivity (Wildman–Crippen MR) is 46.9 cm³/mol. The Labute approximate surface area is 84.7 Å². The van der Waals surface area contributed by atoms with Crippen LogP contribution in [0, 0.1) is 0 Å². The van der Waals surface area contributed by atoms with Crippen molar-refractivity contribution in [2.75, 3.05) is 0 Å². The first-order valence-corrected chi connectivity index (χ1v) is 3.91. The van der Waals surface area contributed by atoms with Crippen molar-refractivity contribution in [2.45, 2.75) is 52.4 Å². The zero-order chi connectivity index (χ0) is 6.24. The first kappa shape index (κ1) is 17.1. The van der Waals surface area contributed by atoms with Gasteiger partial charge in [-0.2, -0.15) is 0 Å². The Morgan fingerprint density at radius 2 is 1.00 bits per heavy atom. The van der Waals surface area contributed by atoms with Crippen molar-refractivity contribution in [3.8, 4) is 0 Å². The van der Waals surface area contributed by atoms with Gasteiger partial charge in [-0.15, -0.1) is 0 Å². The Bertz CT molecular complexity index is 34.2. The molecule has 0 aliphatic carbocycles.